The van der Waals surface area contributed by atoms with Gasteiger partial charge in [-0.2, -0.15) is 45.0 Å². The van der Waals surface area contributed by atoms with Crippen LogP contribution in [0.2, 0.25) is 0 Å². The zero-order valence-corrected chi connectivity index (χ0v) is 65.3. The first-order chi connectivity index (χ1) is 47.9. The molecule has 11 fully saturated rings. The molecular weight excluding hydrogens is 1370 g/mol. The first kappa shape index (κ1) is 77.4. The Kier molecular flexibility index (Phi) is 19.8. The van der Waals surface area contributed by atoms with E-state index < -0.39 is 69.1 Å². The number of nitrogens with one attached hydrogen (secondary N) is 3. The van der Waals surface area contributed by atoms with Crippen LogP contribution in [-0.4, -0.2) is 127 Å². The standard InChI is InChI=1S/C17H22N2O4S.C17H22N2O3S.C17H20N2O3S.C10H14N2O.C10H14O3.C6H15N/c1-11-4-6-13(7-5-11)24(22,23)19-18-14-10-12-8-9-17(14,15(20)21)16(12,2)3;2*1-11-4-6-13(7-5-11)23(21,22)19-15(20)17-9-8-12(16(17,2)3)10-14(17)18-19;1-9(2)6-3-4-10(9)7(5-6)11-12-8(10)13;1-9(2)6-3-4-10(9,8(12)13)7(11)5-6;1-4-7(5-2)6-3/h4-7,12,19H,8-10H2,1-3H3,(H,20,21);4-7,12,14,18H,8-10H2,1-3H3;4-7,12H,8-10H2,1-3H3;2*6H,3-5H2,1-2H3,(H,12,13);4-6H2,1-3H3/b18-14+;;;;;. The average molecular weight is 1480 g/mol. The van der Waals surface area contributed by atoms with Gasteiger partial charge in [0.2, 0.25) is 0 Å². The Labute approximate surface area is 608 Å². The molecule has 103 heavy (non-hydrogen) atoms. The van der Waals surface area contributed by atoms with Gasteiger partial charge in [-0.15, -0.1) is 4.41 Å². The molecule has 23 nitrogen and oxygen atoms in total. The van der Waals surface area contributed by atoms with Gasteiger partial charge in [0.15, 0.2) is 5.78 Å². The highest BCUT2D eigenvalue weighted by Gasteiger charge is 2.75. The highest BCUT2D eigenvalue weighted by molar-refractivity contribution is 7.90. The molecule has 16 rings (SSSR count). The van der Waals surface area contributed by atoms with Crippen LogP contribution in [0.25, 0.3) is 0 Å². The molecule has 0 aromatic heterocycles. The van der Waals surface area contributed by atoms with E-state index in [0.717, 1.165) is 94.7 Å². The van der Waals surface area contributed by atoms with Crippen LogP contribution in [0, 0.1) is 105 Å². The fraction of sp³-hybridized carbons (Fsp3) is 0.649. The van der Waals surface area contributed by atoms with Gasteiger partial charge in [0.25, 0.3) is 47.8 Å². The molecule has 0 radical (unpaired) electrons. The number of Topliss-reactive ketones (excluding diaryl/α,β-unsaturated/α-hetero) is 1. The summed E-state index contributed by atoms with van der Waals surface area (Å²) in [6.07, 6.45) is 12.1. The minimum atomic E-state index is -3.93. The maximum Gasteiger partial charge on any atom is 0.317 e. The average Bonchev–Trinajstić information content (AvgIpc) is 1.52. The second-order valence-electron chi connectivity index (χ2n) is 34.0. The molecule has 3 aliphatic heterocycles. The molecule has 13 aliphatic rings. The maximum absolute atomic E-state index is 13.2. The lowest BCUT2D eigenvalue weighted by molar-refractivity contribution is -0.158. The van der Waals surface area contributed by atoms with Gasteiger partial charge in [-0.05, 0) is 223 Å². The number of nitrogens with zero attached hydrogens (tertiary/aromatic N) is 6. The van der Waals surface area contributed by atoms with E-state index in [1.165, 1.54) is 50.3 Å². The predicted molar refractivity (Wildman–Crippen MR) is 391 cm³/mol. The quantitative estimate of drug-likeness (QED) is 0.0831. The molecule has 1 saturated heterocycles. The number of sulfonamides is 3. The van der Waals surface area contributed by atoms with Crippen molar-refractivity contribution in [2.45, 2.75) is 228 Å². The zero-order valence-electron chi connectivity index (χ0n) is 62.8. The van der Waals surface area contributed by atoms with Gasteiger partial charge in [-0.3, -0.25) is 28.8 Å². The number of amides is 3. The van der Waals surface area contributed by atoms with Crippen LogP contribution in [0.4, 0.5) is 0 Å². The topological polar surface area (TPSA) is 328 Å². The van der Waals surface area contributed by atoms with Crippen molar-refractivity contribution in [3.63, 3.8) is 0 Å². The van der Waals surface area contributed by atoms with Gasteiger partial charge in [0.1, 0.15) is 10.8 Å². The van der Waals surface area contributed by atoms with Crippen molar-refractivity contribution in [1.82, 2.24) is 29.4 Å². The van der Waals surface area contributed by atoms with E-state index >= 15 is 0 Å². The third-order valence-electron chi connectivity index (χ3n) is 28.9. The molecule has 10 bridgehead atoms. The number of carbonyl (C=O) groups excluding carboxylic acids is 4. The molecule has 3 spiro atoms. The Morgan fingerprint density at radius 3 is 1.38 bits per heavy atom. The molecule has 5 N–H and O–H groups in total. The lowest BCUT2D eigenvalue weighted by Gasteiger charge is -2.34. The number of carboxylic acid groups (broad SMARTS) is 2. The van der Waals surface area contributed by atoms with Crippen molar-refractivity contribution in [2.75, 3.05) is 19.6 Å². The molecule has 3 heterocycles. The van der Waals surface area contributed by atoms with E-state index in [1.807, 2.05) is 48.5 Å². The number of carboxylic acids is 2. The molecule has 3 aromatic rings. The van der Waals surface area contributed by atoms with Crippen molar-refractivity contribution >= 4 is 82.6 Å². The third-order valence-corrected chi connectivity index (χ3v) is 33.3. The van der Waals surface area contributed by atoms with Gasteiger partial charge < -0.3 is 15.1 Å². The summed E-state index contributed by atoms with van der Waals surface area (Å²) >= 11 is 0. The van der Waals surface area contributed by atoms with E-state index in [0.29, 0.717) is 55.6 Å². The maximum atomic E-state index is 13.2. The number of hydrogen-bond acceptors (Lipinski definition) is 17. The highest BCUT2D eigenvalue weighted by atomic mass is 32.2. The van der Waals surface area contributed by atoms with Crippen LogP contribution in [0.1, 0.15) is 203 Å². The fourth-order valence-electron chi connectivity index (χ4n) is 21.3. The molecule has 26 heteroatoms. The smallest absolute Gasteiger partial charge is 0.317 e. The largest absolute Gasteiger partial charge is 0.481 e. The number of fused-ring (bicyclic) bond motifs is 7. The monoisotopic (exact) mass is 1480 g/mol. The van der Waals surface area contributed by atoms with E-state index in [4.69, 9.17) is 0 Å². The van der Waals surface area contributed by atoms with Crippen LogP contribution < -0.4 is 15.7 Å². The van der Waals surface area contributed by atoms with Crippen molar-refractivity contribution in [3.05, 3.63) is 89.5 Å². The Morgan fingerprint density at radius 1 is 0.534 bits per heavy atom. The number of carbonyl (C=O) groups is 6. The summed E-state index contributed by atoms with van der Waals surface area (Å²) in [6.45, 7) is 36.3. The Bertz CT molecular complexity index is 4380. The van der Waals surface area contributed by atoms with Gasteiger partial charge in [-0.1, -0.05) is 143 Å². The first-order valence-electron chi connectivity index (χ1n) is 36.8. The summed E-state index contributed by atoms with van der Waals surface area (Å²) in [5, 5.41) is 31.5. The summed E-state index contributed by atoms with van der Waals surface area (Å²) in [5.41, 5.74) is 6.26. The number of hydrazine groups is 1. The predicted octanol–water partition coefficient (Wildman–Crippen LogP) is 11.6. The Balaban J connectivity index is 0.000000128. The SMILES string of the molecule is CC1(C)C2CCC1(C(=O)O)C(=O)C2.CC1(C)C2CCC13C(=O)NN=C3C2.CCN(CC)CC.Cc1ccc(S(=O)(=O)N/N=C2\CC3CCC2(C(=O)O)C3(C)C)cc1.Cc1ccc(S(=O)(=O)N2N=C3CC4CCC3(C2=O)C4(C)C)cc1.Cc1ccc(S(=O)(=O)N2NC3CC4CCC3(C2=O)C4(C)C)cc1. The number of benzene rings is 3. The summed E-state index contributed by atoms with van der Waals surface area (Å²) < 4.78 is 78.0. The van der Waals surface area contributed by atoms with Gasteiger partial charge in [0.05, 0.1) is 48.1 Å². The summed E-state index contributed by atoms with van der Waals surface area (Å²) in [6, 6.07) is 19.5. The summed E-state index contributed by atoms with van der Waals surface area (Å²) in [7, 11) is -11.6. The van der Waals surface area contributed by atoms with Crippen molar-refractivity contribution in [3.8, 4) is 0 Å². The van der Waals surface area contributed by atoms with Crippen molar-refractivity contribution in [1.29, 1.82) is 0 Å². The number of aliphatic carboxylic acids is 2. The normalized spacial score (nSPS) is 33.3. The van der Waals surface area contributed by atoms with Crippen molar-refractivity contribution < 1.29 is 64.2 Å². The van der Waals surface area contributed by atoms with Gasteiger partial charge >= 0.3 is 11.9 Å². The summed E-state index contributed by atoms with van der Waals surface area (Å²) in [4.78, 5) is 77.9. The second-order valence-corrected chi connectivity index (χ2v) is 39.2. The van der Waals surface area contributed by atoms with E-state index in [1.54, 1.807) is 48.5 Å². The zero-order chi connectivity index (χ0) is 75.8. The number of aryl methyl sites for hydroxylation is 3. The minimum absolute atomic E-state index is 0.0544. The molecular formula is C77H107N9O14S3. The number of hydrazone groups is 3. The second kappa shape index (κ2) is 26.3. The van der Waals surface area contributed by atoms with Crippen LogP contribution in [0.15, 0.2) is 103 Å². The van der Waals surface area contributed by atoms with E-state index in [-0.39, 0.29) is 83.1 Å². The Hall–Kier alpha value is -6.74. The highest BCUT2D eigenvalue weighted by Crippen LogP contribution is 2.70. The number of hydrogen-bond donors (Lipinski definition) is 5. The minimum Gasteiger partial charge on any atom is -0.481 e. The van der Waals surface area contributed by atoms with Crippen LogP contribution >= 0.6 is 0 Å². The molecule has 10 aliphatic carbocycles. The fourth-order valence-corrected chi connectivity index (χ4v) is 24.8. The molecule has 3 aromatic carbocycles. The van der Waals surface area contributed by atoms with Gasteiger partial charge in [0, 0.05) is 12.5 Å². The summed E-state index contributed by atoms with van der Waals surface area (Å²) in [5.74, 6) is -0.268. The van der Waals surface area contributed by atoms with Crippen molar-refractivity contribution in [2.24, 2.45) is 99.0 Å². The molecule has 3 amide bonds. The van der Waals surface area contributed by atoms with Crippen LogP contribution in [-0.2, 0) is 58.8 Å². The lowest BCUT2D eigenvalue weighted by atomic mass is 9.68. The third kappa shape index (κ3) is 11.3. The van der Waals surface area contributed by atoms with Gasteiger partial charge in [-0.25, -0.2) is 15.7 Å². The molecule has 11 atom stereocenters. The molecule has 10 saturated carbocycles. The van der Waals surface area contributed by atoms with E-state index in [2.05, 4.69) is 98.2 Å². The number of ketones is 1. The molecule has 11 unspecified atom stereocenters. The first-order valence-corrected chi connectivity index (χ1v) is 41.2. The van der Waals surface area contributed by atoms with Crippen LogP contribution in [0.3, 0.4) is 0 Å². The van der Waals surface area contributed by atoms with E-state index in [9.17, 15) is 64.2 Å². The van der Waals surface area contributed by atoms with Crippen LogP contribution in [0.5, 0.6) is 0 Å². The molecule has 562 valence electrons. The number of rotatable bonds is 12. The lowest BCUT2D eigenvalue weighted by Crippen LogP contribution is -2.45. The Morgan fingerprint density at radius 2 is 0.971 bits per heavy atom.